The number of benzene rings is 1. The van der Waals surface area contributed by atoms with Crippen molar-refractivity contribution in [3.8, 4) is 5.75 Å². The van der Waals surface area contributed by atoms with Gasteiger partial charge in [0.1, 0.15) is 17.5 Å². The van der Waals surface area contributed by atoms with Crippen molar-refractivity contribution in [3.05, 3.63) is 41.9 Å². The summed E-state index contributed by atoms with van der Waals surface area (Å²) >= 11 is 0. The van der Waals surface area contributed by atoms with E-state index in [9.17, 15) is 4.79 Å². The Balaban J connectivity index is 1.86. The van der Waals surface area contributed by atoms with Crippen LogP contribution < -0.4 is 4.74 Å². The zero-order valence-corrected chi connectivity index (χ0v) is 18.4. The second-order valence-electron chi connectivity index (χ2n) is 10.1. The average molecular weight is 395 g/mol. The maximum Gasteiger partial charge on any atom is 0.306 e. The van der Waals surface area contributed by atoms with Gasteiger partial charge in [0.15, 0.2) is 0 Å². The summed E-state index contributed by atoms with van der Waals surface area (Å²) in [5.74, 6) is 0.697. The van der Waals surface area contributed by atoms with Gasteiger partial charge in [-0.3, -0.25) is 9.78 Å². The van der Waals surface area contributed by atoms with Crippen LogP contribution in [0.15, 0.2) is 30.5 Å². The first-order chi connectivity index (χ1) is 13.4. The highest BCUT2D eigenvalue weighted by molar-refractivity contribution is 5.95. The minimum atomic E-state index is -0.485. The molecule has 0 spiro atoms. The van der Waals surface area contributed by atoms with Crippen LogP contribution in [-0.4, -0.2) is 22.7 Å². The highest BCUT2D eigenvalue weighted by Gasteiger charge is 2.63. The van der Waals surface area contributed by atoms with Crippen molar-refractivity contribution in [2.24, 2.45) is 16.7 Å². The Morgan fingerprint density at radius 1 is 1.17 bits per heavy atom. The highest BCUT2D eigenvalue weighted by Crippen LogP contribution is 2.62. The van der Waals surface area contributed by atoms with Crippen molar-refractivity contribution in [2.45, 2.75) is 66.6 Å². The highest BCUT2D eigenvalue weighted by atomic mass is 16.6. The first kappa shape index (κ1) is 21.1. The molecule has 0 atom stereocenters. The predicted octanol–water partition coefficient (Wildman–Crippen LogP) is 5.95. The van der Waals surface area contributed by atoms with E-state index in [1.807, 2.05) is 39.0 Å². The normalized spacial score (nSPS) is 22.4. The number of hydrogen-bond donors (Lipinski definition) is 0. The first-order valence-electron chi connectivity index (χ1n) is 10.0. The van der Waals surface area contributed by atoms with Crippen LogP contribution in [0.1, 0.15) is 54.9 Å². The van der Waals surface area contributed by atoms with E-state index in [2.05, 4.69) is 37.5 Å². The fraction of sp³-hybridized carbons (Fsp3) is 0.542. The molecule has 3 rings (SSSR count). The quantitative estimate of drug-likeness (QED) is 0.475. The largest absolute Gasteiger partial charge is 0.489 e. The van der Waals surface area contributed by atoms with Gasteiger partial charge in [0, 0.05) is 28.8 Å². The third-order valence-electron chi connectivity index (χ3n) is 6.01. The van der Waals surface area contributed by atoms with Gasteiger partial charge in [-0.15, -0.1) is 0 Å². The van der Waals surface area contributed by atoms with Crippen LogP contribution in [-0.2, 0) is 9.53 Å². The Morgan fingerprint density at radius 3 is 2.41 bits per heavy atom. The number of ether oxygens (including phenoxy) is 2. The third-order valence-corrected chi connectivity index (χ3v) is 6.01. The molecular weight excluding hydrogens is 364 g/mol. The van der Waals surface area contributed by atoms with Crippen LogP contribution in [0, 0.1) is 23.3 Å². The number of fused-ring (bicyclic) bond motifs is 1. The van der Waals surface area contributed by atoms with E-state index in [1.165, 1.54) is 0 Å². The number of hydrogen-bond acceptors (Lipinski definition) is 4. The van der Waals surface area contributed by atoms with Crippen molar-refractivity contribution >= 4 is 22.6 Å². The summed E-state index contributed by atoms with van der Waals surface area (Å²) in [6, 6.07) is 7.40. The van der Waals surface area contributed by atoms with Gasteiger partial charge < -0.3 is 9.47 Å². The average Bonchev–Trinajstić information content (AvgIpc) is 2.62. The molecule has 154 valence electrons. The van der Waals surface area contributed by atoms with E-state index < -0.39 is 5.60 Å². The van der Waals surface area contributed by atoms with Crippen LogP contribution in [0.25, 0.3) is 15.7 Å². The molecule has 29 heavy (non-hydrogen) atoms. The standard InChI is InChI=1S/C24H30N2O3/c1-22(2,3)29-19(27)14-18-23(4,5)21(24(18,6)7)28-17-12-11-16(25-8)20-15(17)10-9-13-26-20/h9-13,18,21H,14H2,1-7H3. The summed E-state index contributed by atoms with van der Waals surface area (Å²) < 4.78 is 12.1. The van der Waals surface area contributed by atoms with E-state index in [-0.39, 0.29) is 28.8 Å². The molecule has 1 fully saturated rings. The number of pyridine rings is 1. The number of carbonyl (C=O) groups is 1. The molecule has 0 amide bonds. The third kappa shape index (κ3) is 3.81. The molecule has 1 aliphatic rings. The number of nitrogens with zero attached hydrogens (tertiary/aromatic N) is 2. The number of esters is 1. The zero-order valence-electron chi connectivity index (χ0n) is 18.4. The topological polar surface area (TPSA) is 52.8 Å². The van der Waals surface area contributed by atoms with Crippen molar-refractivity contribution in [1.82, 2.24) is 4.98 Å². The SMILES string of the molecule is [C-]#[N+]c1ccc(OC2C(C)(C)C(CC(=O)OC(C)(C)C)C2(C)C)c2cccnc12. The van der Waals surface area contributed by atoms with E-state index in [1.54, 1.807) is 12.3 Å². The molecule has 5 heteroatoms. The Labute approximate surface area is 173 Å². The predicted molar refractivity (Wildman–Crippen MR) is 114 cm³/mol. The van der Waals surface area contributed by atoms with Gasteiger partial charge in [0.25, 0.3) is 0 Å². The van der Waals surface area contributed by atoms with Gasteiger partial charge in [0.05, 0.1) is 12.1 Å². The number of rotatable bonds is 4. The van der Waals surface area contributed by atoms with Crippen molar-refractivity contribution in [1.29, 1.82) is 0 Å². The fourth-order valence-electron chi connectivity index (χ4n) is 5.02. The summed E-state index contributed by atoms with van der Waals surface area (Å²) in [7, 11) is 0. The molecule has 0 unspecified atom stereocenters. The molecule has 1 heterocycles. The summed E-state index contributed by atoms with van der Waals surface area (Å²) in [5.41, 5.74) is 0.283. The summed E-state index contributed by atoms with van der Waals surface area (Å²) in [4.78, 5) is 20.4. The van der Waals surface area contributed by atoms with Crippen molar-refractivity contribution in [2.75, 3.05) is 0 Å². The zero-order chi connectivity index (χ0) is 21.6. The monoisotopic (exact) mass is 394 g/mol. The smallest absolute Gasteiger partial charge is 0.306 e. The molecule has 1 aliphatic carbocycles. The minimum absolute atomic E-state index is 0.0790. The van der Waals surface area contributed by atoms with Gasteiger partial charge in [-0.1, -0.05) is 33.8 Å². The van der Waals surface area contributed by atoms with Crippen LogP contribution in [0.5, 0.6) is 5.75 Å². The Hall–Kier alpha value is -2.61. The molecule has 1 saturated carbocycles. The lowest BCUT2D eigenvalue weighted by Crippen LogP contribution is -2.66. The maximum absolute atomic E-state index is 12.4. The molecule has 0 saturated heterocycles. The molecule has 0 aliphatic heterocycles. The van der Waals surface area contributed by atoms with Gasteiger partial charge >= 0.3 is 5.97 Å². The molecule has 0 N–H and O–H groups in total. The molecule has 0 radical (unpaired) electrons. The molecule has 1 aromatic carbocycles. The second kappa shape index (κ2) is 7.02. The maximum atomic E-state index is 12.4. The Kier molecular flexibility index (Phi) is 5.11. The first-order valence-corrected chi connectivity index (χ1v) is 10.0. The van der Waals surface area contributed by atoms with Gasteiger partial charge in [0.2, 0.25) is 5.69 Å². The lowest BCUT2D eigenvalue weighted by atomic mass is 9.45. The van der Waals surface area contributed by atoms with Gasteiger partial charge in [-0.05, 0) is 44.9 Å². The van der Waals surface area contributed by atoms with E-state index in [4.69, 9.17) is 16.0 Å². The lowest BCUT2D eigenvalue weighted by Gasteiger charge is -2.63. The Morgan fingerprint density at radius 2 is 1.83 bits per heavy atom. The Bertz CT molecular complexity index is 964. The minimum Gasteiger partial charge on any atom is -0.489 e. The molecule has 0 bridgehead atoms. The van der Waals surface area contributed by atoms with Crippen molar-refractivity contribution in [3.63, 3.8) is 0 Å². The summed E-state index contributed by atoms with van der Waals surface area (Å²) in [6.45, 7) is 21.6. The molecule has 1 aromatic heterocycles. The molecule has 5 nitrogen and oxygen atoms in total. The van der Waals surface area contributed by atoms with Gasteiger partial charge in [-0.2, -0.15) is 0 Å². The summed E-state index contributed by atoms with van der Waals surface area (Å²) in [5, 5.41) is 0.836. The summed E-state index contributed by atoms with van der Waals surface area (Å²) in [6.07, 6.45) is 1.98. The number of carbonyl (C=O) groups excluding carboxylic acids is 1. The van der Waals surface area contributed by atoms with Crippen LogP contribution >= 0.6 is 0 Å². The van der Waals surface area contributed by atoms with E-state index in [0.29, 0.717) is 17.6 Å². The lowest BCUT2D eigenvalue weighted by molar-refractivity contribution is -0.208. The second-order valence-corrected chi connectivity index (χ2v) is 10.1. The van der Waals surface area contributed by atoms with E-state index >= 15 is 0 Å². The van der Waals surface area contributed by atoms with Gasteiger partial charge in [-0.25, -0.2) is 4.85 Å². The fourth-order valence-corrected chi connectivity index (χ4v) is 5.02. The van der Waals surface area contributed by atoms with Crippen molar-refractivity contribution < 1.29 is 14.3 Å². The molecular formula is C24H30N2O3. The van der Waals surface area contributed by atoms with Crippen LogP contribution in [0.4, 0.5) is 5.69 Å². The van der Waals surface area contributed by atoms with E-state index in [0.717, 1.165) is 11.1 Å². The van der Waals surface area contributed by atoms with Crippen LogP contribution in [0.3, 0.4) is 0 Å². The molecule has 2 aromatic rings. The van der Waals surface area contributed by atoms with Crippen LogP contribution in [0.2, 0.25) is 0 Å². The number of aromatic nitrogens is 1.